The lowest BCUT2D eigenvalue weighted by molar-refractivity contribution is -0.149. The largest absolute Gasteiger partial charge is 0.466 e. The monoisotopic (exact) mass is 357 g/mol. The van der Waals surface area contributed by atoms with Crippen molar-refractivity contribution in [2.45, 2.75) is 45.6 Å². The van der Waals surface area contributed by atoms with Crippen LogP contribution in [0.5, 0.6) is 0 Å². The molecule has 3 nitrogen and oxygen atoms in total. The Morgan fingerprint density at radius 3 is 2.95 bits per heavy atom. The van der Waals surface area contributed by atoms with Crippen LogP contribution in [-0.4, -0.2) is 18.6 Å². The summed E-state index contributed by atoms with van der Waals surface area (Å²) in [5, 5.41) is 3.38. The van der Waals surface area contributed by atoms with Crippen molar-refractivity contribution < 1.29 is 13.9 Å². The molecule has 2 rings (SSSR count). The van der Waals surface area contributed by atoms with Crippen LogP contribution >= 0.6 is 15.9 Å². The Morgan fingerprint density at radius 2 is 2.24 bits per heavy atom. The highest BCUT2D eigenvalue weighted by molar-refractivity contribution is 9.10. The van der Waals surface area contributed by atoms with Crippen LogP contribution < -0.4 is 5.32 Å². The molecular weight excluding hydrogens is 337 g/mol. The topological polar surface area (TPSA) is 38.3 Å². The second-order valence-electron chi connectivity index (χ2n) is 5.54. The average Bonchev–Trinajstić information content (AvgIpc) is 2.45. The molecule has 1 fully saturated rings. The number of ether oxygens (including phenoxy) is 1. The van der Waals surface area contributed by atoms with Gasteiger partial charge in [0.15, 0.2) is 0 Å². The van der Waals surface area contributed by atoms with Gasteiger partial charge in [-0.1, -0.05) is 6.42 Å². The third-order valence-electron chi connectivity index (χ3n) is 3.92. The van der Waals surface area contributed by atoms with E-state index in [1.165, 1.54) is 6.07 Å². The third-order valence-corrected chi connectivity index (χ3v) is 4.53. The molecular formula is C16H21BrFNO2. The standard InChI is InChI=1S/C16H21BrFNO2/c1-3-21-16(20)11-5-4-6-12(8-11)19-15-9-14(18)13(17)7-10(15)2/h7,9,11-12,19H,3-6,8H2,1-2H3. The molecule has 5 heteroatoms. The summed E-state index contributed by atoms with van der Waals surface area (Å²) in [5.74, 6) is -0.430. The minimum Gasteiger partial charge on any atom is -0.466 e. The molecule has 1 aromatic rings. The number of halogens is 2. The van der Waals surface area contributed by atoms with E-state index in [1.54, 1.807) is 6.07 Å². The molecule has 0 radical (unpaired) electrons. The zero-order valence-electron chi connectivity index (χ0n) is 12.4. The van der Waals surface area contributed by atoms with Gasteiger partial charge in [0.1, 0.15) is 5.82 Å². The molecule has 2 unspecified atom stereocenters. The Morgan fingerprint density at radius 1 is 1.48 bits per heavy atom. The molecule has 2 atom stereocenters. The Kier molecular flexibility index (Phi) is 5.62. The molecule has 1 saturated carbocycles. The van der Waals surface area contributed by atoms with Gasteiger partial charge < -0.3 is 10.1 Å². The summed E-state index contributed by atoms with van der Waals surface area (Å²) in [5.41, 5.74) is 1.78. The molecule has 0 aromatic heterocycles. The number of nitrogens with one attached hydrogen (secondary N) is 1. The zero-order chi connectivity index (χ0) is 15.4. The van der Waals surface area contributed by atoms with E-state index < -0.39 is 0 Å². The van der Waals surface area contributed by atoms with E-state index in [0.29, 0.717) is 11.1 Å². The van der Waals surface area contributed by atoms with Gasteiger partial charge in [-0.2, -0.15) is 0 Å². The number of carbonyl (C=O) groups is 1. The van der Waals surface area contributed by atoms with Gasteiger partial charge in [0.05, 0.1) is 17.0 Å². The van der Waals surface area contributed by atoms with E-state index in [-0.39, 0.29) is 23.7 Å². The number of esters is 1. The normalized spacial score (nSPS) is 21.9. The molecule has 1 aliphatic rings. The maximum atomic E-state index is 13.7. The van der Waals surface area contributed by atoms with Gasteiger partial charge in [0.2, 0.25) is 0 Å². The number of rotatable bonds is 4. The van der Waals surface area contributed by atoms with Crippen molar-refractivity contribution in [2.75, 3.05) is 11.9 Å². The van der Waals surface area contributed by atoms with Gasteiger partial charge in [0, 0.05) is 11.7 Å². The first-order chi connectivity index (χ1) is 10.0. The second kappa shape index (κ2) is 7.25. The average molecular weight is 358 g/mol. The Labute approximate surface area is 133 Å². The fourth-order valence-electron chi connectivity index (χ4n) is 2.82. The Bertz CT molecular complexity index is 521. The van der Waals surface area contributed by atoms with Gasteiger partial charge in [-0.3, -0.25) is 4.79 Å². The van der Waals surface area contributed by atoms with Gasteiger partial charge in [-0.15, -0.1) is 0 Å². The van der Waals surface area contributed by atoms with Crippen molar-refractivity contribution in [3.63, 3.8) is 0 Å². The quantitative estimate of drug-likeness (QED) is 0.810. The molecule has 0 aliphatic heterocycles. The minimum absolute atomic E-state index is 0.0446. The predicted octanol–water partition coefficient (Wildman–Crippen LogP) is 4.43. The van der Waals surface area contributed by atoms with Crippen LogP contribution in [0.1, 0.15) is 38.2 Å². The third kappa shape index (κ3) is 4.19. The minimum atomic E-state index is -0.277. The summed E-state index contributed by atoms with van der Waals surface area (Å²) in [6, 6.07) is 3.46. The van der Waals surface area contributed by atoms with E-state index >= 15 is 0 Å². The zero-order valence-corrected chi connectivity index (χ0v) is 14.0. The maximum absolute atomic E-state index is 13.7. The molecule has 1 N–H and O–H groups in total. The van der Waals surface area contributed by atoms with E-state index in [9.17, 15) is 9.18 Å². The van der Waals surface area contributed by atoms with Crippen molar-refractivity contribution in [3.8, 4) is 0 Å². The summed E-state index contributed by atoms with van der Waals surface area (Å²) in [4.78, 5) is 11.8. The molecule has 0 bridgehead atoms. The molecule has 0 heterocycles. The summed E-state index contributed by atoms with van der Waals surface area (Å²) in [6.07, 6.45) is 3.60. The van der Waals surface area contributed by atoms with Crippen LogP contribution in [-0.2, 0) is 9.53 Å². The summed E-state index contributed by atoms with van der Waals surface area (Å²) < 4.78 is 19.2. The first-order valence-corrected chi connectivity index (χ1v) is 8.19. The molecule has 0 spiro atoms. The fourth-order valence-corrected chi connectivity index (χ4v) is 3.27. The SMILES string of the molecule is CCOC(=O)C1CCCC(Nc2cc(F)c(Br)cc2C)C1. The summed E-state index contributed by atoms with van der Waals surface area (Å²) >= 11 is 3.19. The highest BCUT2D eigenvalue weighted by Gasteiger charge is 2.28. The number of benzene rings is 1. The van der Waals surface area contributed by atoms with Gasteiger partial charge >= 0.3 is 5.97 Å². The second-order valence-corrected chi connectivity index (χ2v) is 6.39. The van der Waals surface area contributed by atoms with Crippen molar-refractivity contribution in [1.82, 2.24) is 0 Å². The lowest BCUT2D eigenvalue weighted by atomic mass is 9.85. The fraction of sp³-hybridized carbons (Fsp3) is 0.562. The number of anilines is 1. The van der Waals surface area contributed by atoms with Crippen LogP contribution in [0.3, 0.4) is 0 Å². The van der Waals surface area contributed by atoms with Crippen molar-refractivity contribution in [1.29, 1.82) is 0 Å². The van der Waals surface area contributed by atoms with Gasteiger partial charge in [0.25, 0.3) is 0 Å². The molecule has 0 amide bonds. The van der Waals surface area contributed by atoms with Gasteiger partial charge in [-0.25, -0.2) is 4.39 Å². The van der Waals surface area contributed by atoms with E-state index in [1.807, 2.05) is 13.8 Å². The Balaban J connectivity index is 2.03. The molecule has 1 aliphatic carbocycles. The highest BCUT2D eigenvalue weighted by Crippen LogP contribution is 2.30. The van der Waals surface area contributed by atoms with Crippen LogP contribution in [0.2, 0.25) is 0 Å². The van der Waals surface area contributed by atoms with Crippen LogP contribution in [0.15, 0.2) is 16.6 Å². The van der Waals surface area contributed by atoms with E-state index in [4.69, 9.17) is 4.74 Å². The van der Waals surface area contributed by atoms with Crippen molar-refractivity contribution in [3.05, 3.63) is 28.0 Å². The molecule has 0 saturated heterocycles. The molecule has 1 aromatic carbocycles. The summed E-state index contributed by atoms with van der Waals surface area (Å²) in [6.45, 7) is 4.19. The lowest BCUT2D eigenvalue weighted by Crippen LogP contribution is -2.32. The van der Waals surface area contributed by atoms with Crippen molar-refractivity contribution in [2.24, 2.45) is 5.92 Å². The number of carbonyl (C=O) groups excluding carboxylic acids is 1. The highest BCUT2D eigenvalue weighted by atomic mass is 79.9. The Hall–Kier alpha value is -1.10. The predicted molar refractivity (Wildman–Crippen MR) is 84.8 cm³/mol. The van der Waals surface area contributed by atoms with E-state index in [2.05, 4.69) is 21.2 Å². The lowest BCUT2D eigenvalue weighted by Gasteiger charge is -2.29. The first-order valence-electron chi connectivity index (χ1n) is 7.40. The van der Waals surface area contributed by atoms with Crippen LogP contribution in [0, 0.1) is 18.7 Å². The van der Waals surface area contributed by atoms with Gasteiger partial charge in [-0.05, 0) is 66.7 Å². The maximum Gasteiger partial charge on any atom is 0.308 e. The molecule has 116 valence electrons. The van der Waals surface area contributed by atoms with Crippen molar-refractivity contribution >= 4 is 27.6 Å². The molecule has 21 heavy (non-hydrogen) atoms. The van der Waals surface area contributed by atoms with Crippen LogP contribution in [0.4, 0.5) is 10.1 Å². The summed E-state index contributed by atoms with van der Waals surface area (Å²) in [7, 11) is 0. The van der Waals surface area contributed by atoms with E-state index in [0.717, 1.165) is 36.9 Å². The number of aryl methyl sites for hydroxylation is 1. The van der Waals surface area contributed by atoms with Crippen LogP contribution in [0.25, 0.3) is 0 Å². The number of hydrogen-bond donors (Lipinski definition) is 1. The smallest absolute Gasteiger partial charge is 0.308 e. The number of hydrogen-bond acceptors (Lipinski definition) is 3. The first kappa shape index (κ1) is 16.3.